The first-order chi connectivity index (χ1) is 14.7. The van der Waals surface area contributed by atoms with Gasteiger partial charge in [0.2, 0.25) is 0 Å². The first-order valence-electron chi connectivity index (χ1n) is 10.4. The molecule has 1 heterocycles. The lowest BCUT2D eigenvalue weighted by Gasteiger charge is -2.11. The Kier molecular flexibility index (Phi) is 6.60. The van der Waals surface area contributed by atoms with Gasteiger partial charge in [-0.1, -0.05) is 42.5 Å². The predicted molar refractivity (Wildman–Crippen MR) is 121 cm³/mol. The third-order valence-electron chi connectivity index (χ3n) is 5.07. The minimum absolute atomic E-state index is 0.260. The molecule has 30 heavy (non-hydrogen) atoms. The molecule has 5 heteroatoms. The number of benzene rings is 2. The molecule has 0 saturated carbocycles. The van der Waals surface area contributed by atoms with Crippen LogP contribution in [0, 0.1) is 0 Å². The third kappa shape index (κ3) is 4.79. The normalized spacial score (nSPS) is 13.2. The number of carbonyl (C=O) groups is 1. The Morgan fingerprint density at radius 2 is 1.93 bits per heavy atom. The van der Waals surface area contributed by atoms with E-state index in [0.717, 1.165) is 46.7 Å². The number of aliphatic imine (C=N–C) groups is 1. The SMILES string of the molecule is CCOC(=O)c1c(N=Cc2cccc(OCc3ccccc3)c2)sc2c1CCCC2. The second kappa shape index (κ2) is 9.72. The van der Waals surface area contributed by atoms with Gasteiger partial charge in [0, 0.05) is 11.1 Å². The number of nitrogens with zero attached hydrogens (tertiary/aromatic N) is 1. The lowest BCUT2D eigenvalue weighted by atomic mass is 9.95. The summed E-state index contributed by atoms with van der Waals surface area (Å²) in [6, 6.07) is 17.9. The number of esters is 1. The Morgan fingerprint density at radius 1 is 1.10 bits per heavy atom. The zero-order valence-corrected chi connectivity index (χ0v) is 17.9. The van der Waals surface area contributed by atoms with Crippen molar-refractivity contribution in [3.05, 3.63) is 81.7 Å². The lowest BCUT2D eigenvalue weighted by molar-refractivity contribution is 0.0526. The fraction of sp³-hybridized carbons (Fsp3) is 0.280. The highest BCUT2D eigenvalue weighted by molar-refractivity contribution is 7.16. The van der Waals surface area contributed by atoms with Crippen LogP contribution >= 0.6 is 11.3 Å². The summed E-state index contributed by atoms with van der Waals surface area (Å²) >= 11 is 1.62. The topological polar surface area (TPSA) is 47.9 Å². The Hall–Kier alpha value is -2.92. The highest BCUT2D eigenvalue weighted by atomic mass is 32.1. The van der Waals surface area contributed by atoms with Gasteiger partial charge in [-0.15, -0.1) is 11.3 Å². The maximum Gasteiger partial charge on any atom is 0.341 e. The molecule has 0 bridgehead atoms. The number of carbonyl (C=O) groups excluding carboxylic acids is 1. The Bertz CT molecular complexity index is 1040. The second-order valence-corrected chi connectivity index (χ2v) is 8.30. The van der Waals surface area contributed by atoms with Crippen molar-refractivity contribution < 1.29 is 14.3 Å². The van der Waals surface area contributed by atoms with Crippen molar-refractivity contribution in [3.8, 4) is 5.75 Å². The molecule has 2 aromatic carbocycles. The van der Waals surface area contributed by atoms with Crippen LogP contribution in [0.2, 0.25) is 0 Å². The summed E-state index contributed by atoms with van der Waals surface area (Å²) in [5, 5.41) is 0.746. The Labute approximate surface area is 181 Å². The van der Waals surface area contributed by atoms with Crippen LogP contribution in [-0.2, 0) is 24.2 Å². The zero-order valence-electron chi connectivity index (χ0n) is 17.1. The summed E-state index contributed by atoms with van der Waals surface area (Å²) in [5.41, 5.74) is 3.85. The van der Waals surface area contributed by atoms with Crippen LogP contribution in [0.25, 0.3) is 0 Å². The van der Waals surface area contributed by atoms with Gasteiger partial charge in [0.15, 0.2) is 0 Å². The van der Waals surface area contributed by atoms with Crippen LogP contribution < -0.4 is 4.74 Å². The van der Waals surface area contributed by atoms with Crippen molar-refractivity contribution in [2.24, 2.45) is 4.99 Å². The molecular formula is C25H25NO3S. The summed E-state index contributed by atoms with van der Waals surface area (Å²) in [5.74, 6) is 0.530. The van der Waals surface area contributed by atoms with E-state index in [9.17, 15) is 4.79 Å². The molecule has 4 rings (SSSR count). The summed E-state index contributed by atoms with van der Waals surface area (Å²) in [6.07, 6.45) is 6.03. The lowest BCUT2D eigenvalue weighted by Crippen LogP contribution is -2.09. The standard InChI is InChI=1S/C25H25NO3S/c1-2-28-25(27)23-21-13-6-7-14-22(21)30-24(23)26-16-19-11-8-12-20(15-19)29-17-18-9-4-3-5-10-18/h3-5,8-12,15-16H,2,6-7,13-14,17H2,1H3. The van der Waals surface area contributed by atoms with Crippen molar-refractivity contribution >= 4 is 28.5 Å². The predicted octanol–water partition coefficient (Wildman–Crippen LogP) is 6.13. The van der Waals surface area contributed by atoms with Gasteiger partial charge in [-0.2, -0.15) is 0 Å². The summed E-state index contributed by atoms with van der Waals surface area (Å²) in [7, 11) is 0. The number of fused-ring (bicyclic) bond motifs is 1. The van der Waals surface area contributed by atoms with Crippen LogP contribution in [-0.4, -0.2) is 18.8 Å². The van der Waals surface area contributed by atoms with Crippen LogP contribution in [0.3, 0.4) is 0 Å². The number of hydrogen-bond acceptors (Lipinski definition) is 5. The number of hydrogen-bond donors (Lipinski definition) is 0. The van der Waals surface area contributed by atoms with E-state index in [-0.39, 0.29) is 5.97 Å². The summed E-state index contributed by atoms with van der Waals surface area (Å²) in [6.45, 7) is 2.72. The molecule has 4 nitrogen and oxygen atoms in total. The third-order valence-corrected chi connectivity index (χ3v) is 6.27. The maximum absolute atomic E-state index is 12.6. The highest BCUT2D eigenvalue weighted by Gasteiger charge is 2.25. The minimum Gasteiger partial charge on any atom is -0.489 e. The van der Waals surface area contributed by atoms with Gasteiger partial charge in [0.1, 0.15) is 17.4 Å². The van der Waals surface area contributed by atoms with Crippen LogP contribution in [0.4, 0.5) is 5.00 Å². The van der Waals surface area contributed by atoms with Crippen LogP contribution in [0.1, 0.15) is 51.7 Å². The number of rotatable bonds is 7. The fourth-order valence-corrected chi connectivity index (χ4v) is 4.84. The van der Waals surface area contributed by atoms with Crippen molar-refractivity contribution in [3.63, 3.8) is 0 Å². The molecule has 0 unspecified atom stereocenters. The Morgan fingerprint density at radius 3 is 2.77 bits per heavy atom. The quantitative estimate of drug-likeness (QED) is 0.342. The maximum atomic E-state index is 12.6. The van der Waals surface area contributed by atoms with Crippen LogP contribution in [0.15, 0.2) is 59.6 Å². The molecule has 0 fully saturated rings. The largest absolute Gasteiger partial charge is 0.489 e. The average Bonchev–Trinajstić information content (AvgIpc) is 3.16. The summed E-state index contributed by atoms with van der Waals surface area (Å²) in [4.78, 5) is 18.5. The van der Waals surface area contributed by atoms with Gasteiger partial charge in [0.05, 0.1) is 12.2 Å². The monoisotopic (exact) mass is 419 g/mol. The highest BCUT2D eigenvalue weighted by Crippen LogP contribution is 2.40. The zero-order chi connectivity index (χ0) is 20.8. The van der Waals surface area contributed by atoms with E-state index >= 15 is 0 Å². The van der Waals surface area contributed by atoms with E-state index in [1.807, 2.05) is 61.5 Å². The summed E-state index contributed by atoms with van der Waals surface area (Å²) < 4.78 is 11.2. The molecule has 1 aliphatic carbocycles. The fourth-order valence-electron chi connectivity index (χ4n) is 3.61. The van der Waals surface area contributed by atoms with Gasteiger partial charge < -0.3 is 9.47 Å². The smallest absolute Gasteiger partial charge is 0.341 e. The molecule has 1 aliphatic rings. The molecule has 0 amide bonds. The van der Waals surface area contributed by atoms with Crippen molar-refractivity contribution in [2.45, 2.75) is 39.2 Å². The number of thiophene rings is 1. The van der Waals surface area contributed by atoms with Crippen molar-refractivity contribution in [2.75, 3.05) is 6.61 Å². The average molecular weight is 420 g/mol. The van der Waals surface area contributed by atoms with Gasteiger partial charge in [-0.3, -0.25) is 0 Å². The van der Waals surface area contributed by atoms with Crippen molar-refractivity contribution in [1.82, 2.24) is 0 Å². The molecule has 3 aromatic rings. The van der Waals surface area contributed by atoms with Crippen molar-refractivity contribution in [1.29, 1.82) is 0 Å². The van der Waals surface area contributed by atoms with E-state index in [1.165, 1.54) is 11.3 Å². The van der Waals surface area contributed by atoms with E-state index in [2.05, 4.69) is 4.99 Å². The molecule has 0 aliphatic heterocycles. The van der Waals surface area contributed by atoms with E-state index < -0.39 is 0 Å². The van der Waals surface area contributed by atoms with Gasteiger partial charge in [-0.25, -0.2) is 9.79 Å². The molecule has 154 valence electrons. The molecule has 0 radical (unpaired) electrons. The molecule has 1 aromatic heterocycles. The van der Waals surface area contributed by atoms with Gasteiger partial charge >= 0.3 is 5.97 Å². The first-order valence-corrected chi connectivity index (χ1v) is 11.2. The molecule has 0 spiro atoms. The van der Waals surface area contributed by atoms with E-state index in [1.54, 1.807) is 17.6 Å². The molecular weight excluding hydrogens is 394 g/mol. The first kappa shape index (κ1) is 20.4. The Balaban J connectivity index is 1.53. The minimum atomic E-state index is -0.260. The second-order valence-electron chi connectivity index (χ2n) is 7.22. The van der Waals surface area contributed by atoms with Crippen LogP contribution in [0.5, 0.6) is 5.75 Å². The molecule has 0 saturated heterocycles. The molecule has 0 N–H and O–H groups in total. The van der Waals surface area contributed by atoms with Gasteiger partial charge in [-0.05, 0) is 61.4 Å². The van der Waals surface area contributed by atoms with E-state index in [0.29, 0.717) is 18.8 Å². The van der Waals surface area contributed by atoms with Gasteiger partial charge in [0.25, 0.3) is 0 Å². The number of aryl methyl sites for hydroxylation is 1. The number of ether oxygens (including phenoxy) is 2. The molecule has 0 atom stereocenters. The van der Waals surface area contributed by atoms with E-state index in [4.69, 9.17) is 9.47 Å².